The van der Waals surface area contributed by atoms with Crippen molar-refractivity contribution < 1.29 is 4.74 Å². The molecule has 0 fully saturated rings. The minimum absolute atomic E-state index is 0.134. The van der Waals surface area contributed by atoms with Gasteiger partial charge in [-0.25, -0.2) is 15.0 Å². The Balaban J connectivity index is 1.72. The second-order valence-electron chi connectivity index (χ2n) is 6.34. The Morgan fingerprint density at radius 1 is 1.10 bits per heavy atom. The lowest BCUT2D eigenvalue weighted by Gasteiger charge is -2.13. The molecule has 0 bridgehead atoms. The Bertz CT molecular complexity index is 1260. The topological polar surface area (TPSA) is 95.9 Å². The van der Waals surface area contributed by atoms with Crippen LogP contribution in [0.15, 0.2) is 52.4 Å². The smallest absolute Gasteiger partial charge is 0.262 e. The van der Waals surface area contributed by atoms with Crippen molar-refractivity contribution in [3.63, 3.8) is 0 Å². The monoisotopic (exact) mass is 427 g/mol. The number of ether oxygens (including phenoxy) is 1. The highest BCUT2D eigenvalue weighted by Crippen LogP contribution is 2.24. The molecule has 4 aromatic rings. The Morgan fingerprint density at radius 3 is 2.76 bits per heavy atom. The Kier molecular flexibility index (Phi) is 5.66. The number of nitrogens with two attached hydrogens (primary N) is 1. The van der Waals surface area contributed by atoms with Crippen LogP contribution in [0.3, 0.4) is 0 Å². The SMILES string of the molecule is COCCn1c(SCc2nc(N)c3ccccc3n2)nc2cc(Cl)ccc2c1=O. The van der Waals surface area contributed by atoms with Crippen LogP contribution in [0, 0.1) is 0 Å². The van der Waals surface area contributed by atoms with E-state index in [2.05, 4.69) is 15.0 Å². The Labute approximate surface area is 175 Å². The van der Waals surface area contributed by atoms with Gasteiger partial charge in [-0.2, -0.15) is 0 Å². The van der Waals surface area contributed by atoms with Crippen LogP contribution in [0.5, 0.6) is 0 Å². The van der Waals surface area contributed by atoms with Gasteiger partial charge in [0.2, 0.25) is 0 Å². The Hall–Kier alpha value is -2.68. The van der Waals surface area contributed by atoms with E-state index in [-0.39, 0.29) is 5.56 Å². The van der Waals surface area contributed by atoms with Crippen molar-refractivity contribution in [3.8, 4) is 0 Å². The first-order valence-corrected chi connectivity index (χ1v) is 10.3. The molecule has 0 saturated carbocycles. The van der Waals surface area contributed by atoms with E-state index < -0.39 is 0 Å². The normalized spacial score (nSPS) is 11.4. The molecule has 7 nitrogen and oxygen atoms in total. The summed E-state index contributed by atoms with van der Waals surface area (Å²) in [5.41, 5.74) is 7.28. The lowest BCUT2D eigenvalue weighted by molar-refractivity contribution is 0.183. The molecule has 9 heteroatoms. The number of benzene rings is 2. The molecule has 2 aromatic carbocycles. The number of halogens is 1. The average Bonchev–Trinajstić information content (AvgIpc) is 2.71. The molecule has 148 valence electrons. The molecule has 2 heterocycles. The van der Waals surface area contributed by atoms with Gasteiger partial charge in [-0.1, -0.05) is 35.5 Å². The molecule has 29 heavy (non-hydrogen) atoms. The number of aromatic nitrogens is 4. The van der Waals surface area contributed by atoms with Gasteiger partial charge in [0.25, 0.3) is 5.56 Å². The van der Waals surface area contributed by atoms with E-state index in [9.17, 15) is 4.79 Å². The molecular weight excluding hydrogens is 410 g/mol. The summed E-state index contributed by atoms with van der Waals surface area (Å²) in [6.07, 6.45) is 0. The zero-order chi connectivity index (χ0) is 20.4. The maximum atomic E-state index is 13.0. The van der Waals surface area contributed by atoms with Crippen molar-refractivity contribution in [3.05, 3.63) is 63.7 Å². The van der Waals surface area contributed by atoms with E-state index in [1.54, 1.807) is 29.9 Å². The minimum atomic E-state index is -0.134. The number of nitrogens with zero attached hydrogens (tertiary/aromatic N) is 4. The van der Waals surface area contributed by atoms with Crippen molar-refractivity contribution in [2.45, 2.75) is 17.5 Å². The number of methoxy groups -OCH3 is 1. The van der Waals surface area contributed by atoms with E-state index in [1.807, 2.05) is 24.3 Å². The third-order valence-electron chi connectivity index (χ3n) is 4.41. The van der Waals surface area contributed by atoms with Gasteiger partial charge in [-0.15, -0.1) is 0 Å². The van der Waals surface area contributed by atoms with Gasteiger partial charge < -0.3 is 10.5 Å². The molecule has 4 rings (SSSR count). The highest BCUT2D eigenvalue weighted by molar-refractivity contribution is 7.98. The van der Waals surface area contributed by atoms with E-state index in [0.29, 0.717) is 51.6 Å². The summed E-state index contributed by atoms with van der Waals surface area (Å²) < 4.78 is 6.76. The van der Waals surface area contributed by atoms with Gasteiger partial charge in [-0.3, -0.25) is 9.36 Å². The molecule has 2 aromatic heterocycles. The summed E-state index contributed by atoms with van der Waals surface area (Å²) in [5, 5.41) is 2.41. The zero-order valence-electron chi connectivity index (χ0n) is 15.6. The number of rotatable bonds is 6. The fourth-order valence-corrected chi connectivity index (χ4v) is 4.06. The lowest BCUT2D eigenvalue weighted by Crippen LogP contribution is -2.25. The first-order valence-electron chi connectivity index (χ1n) is 8.90. The van der Waals surface area contributed by atoms with Gasteiger partial charge in [0, 0.05) is 17.5 Å². The second-order valence-corrected chi connectivity index (χ2v) is 7.72. The maximum Gasteiger partial charge on any atom is 0.262 e. The molecule has 0 aliphatic heterocycles. The van der Waals surface area contributed by atoms with Crippen molar-refractivity contribution >= 4 is 51.0 Å². The van der Waals surface area contributed by atoms with E-state index in [1.165, 1.54) is 11.8 Å². The number of hydrogen-bond acceptors (Lipinski definition) is 7. The number of thioether (sulfide) groups is 1. The fourth-order valence-electron chi connectivity index (χ4n) is 3.01. The molecule has 0 aliphatic carbocycles. The van der Waals surface area contributed by atoms with Gasteiger partial charge in [-0.05, 0) is 30.3 Å². The molecule has 0 amide bonds. The van der Waals surface area contributed by atoms with Crippen LogP contribution < -0.4 is 11.3 Å². The number of para-hydroxylation sites is 1. The van der Waals surface area contributed by atoms with Gasteiger partial charge in [0.05, 0.1) is 35.3 Å². The summed E-state index contributed by atoms with van der Waals surface area (Å²) in [5.74, 6) is 1.42. The minimum Gasteiger partial charge on any atom is -0.383 e. The van der Waals surface area contributed by atoms with Crippen LogP contribution in [0.2, 0.25) is 5.02 Å². The van der Waals surface area contributed by atoms with Crippen LogP contribution in [-0.2, 0) is 17.0 Å². The quantitative estimate of drug-likeness (QED) is 0.371. The molecule has 0 saturated heterocycles. The summed E-state index contributed by atoms with van der Waals surface area (Å²) in [7, 11) is 1.60. The highest BCUT2D eigenvalue weighted by atomic mass is 35.5. The van der Waals surface area contributed by atoms with Crippen LogP contribution in [0.4, 0.5) is 5.82 Å². The van der Waals surface area contributed by atoms with Crippen molar-refractivity contribution in [2.75, 3.05) is 19.5 Å². The second kappa shape index (κ2) is 8.36. The number of hydrogen-bond donors (Lipinski definition) is 1. The third kappa shape index (κ3) is 4.05. The summed E-state index contributed by atoms with van der Waals surface area (Å²) in [6, 6.07) is 12.7. The largest absolute Gasteiger partial charge is 0.383 e. The van der Waals surface area contributed by atoms with Crippen molar-refractivity contribution in [2.24, 2.45) is 0 Å². The van der Waals surface area contributed by atoms with Crippen molar-refractivity contribution in [1.82, 2.24) is 19.5 Å². The van der Waals surface area contributed by atoms with Gasteiger partial charge in [0.1, 0.15) is 11.6 Å². The predicted molar refractivity (Wildman–Crippen MR) is 116 cm³/mol. The molecular formula is C20H18ClN5O2S. The maximum absolute atomic E-state index is 13.0. The highest BCUT2D eigenvalue weighted by Gasteiger charge is 2.13. The molecule has 0 unspecified atom stereocenters. The van der Waals surface area contributed by atoms with Crippen LogP contribution >= 0.6 is 23.4 Å². The summed E-state index contributed by atoms with van der Waals surface area (Å²) in [4.78, 5) is 26.6. The Morgan fingerprint density at radius 2 is 1.93 bits per heavy atom. The van der Waals surface area contributed by atoms with Crippen LogP contribution in [0.25, 0.3) is 21.8 Å². The molecule has 0 aliphatic rings. The zero-order valence-corrected chi connectivity index (χ0v) is 17.2. The lowest BCUT2D eigenvalue weighted by atomic mass is 10.2. The van der Waals surface area contributed by atoms with Gasteiger partial charge in [0.15, 0.2) is 5.16 Å². The van der Waals surface area contributed by atoms with Crippen LogP contribution in [-0.4, -0.2) is 33.2 Å². The van der Waals surface area contributed by atoms with Crippen molar-refractivity contribution in [1.29, 1.82) is 0 Å². The molecule has 0 atom stereocenters. The van der Waals surface area contributed by atoms with Gasteiger partial charge >= 0.3 is 0 Å². The van der Waals surface area contributed by atoms with E-state index >= 15 is 0 Å². The third-order valence-corrected chi connectivity index (χ3v) is 5.62. The van der Waals surface area contributed by atoms with E-state index in [4.69, 9.17) is 22.1 Å². The first-order chi connectivity index (χ1) is 14.1. The summed E-state index contributed by atoms with van der Waals surface area (Å²) in [6.45, 7) is 0.789. The first kappa shape index (κ1) is 19.6. The fraction of sp³-hybridized carbons (Fsp3) is 0.200. The standard InChI is InChI=1S/C20H18ClN5O2S/c1-28-9-8-26-19(27)14-7-6-12(21)10-16(14)24-20(26)29-11-17-23-15-5-3-2-4-13(15)18(22)25-17/h2-7,10H,8-9,11H2,1H3,(H2,22,23,25). The van der Waals surface area contributed by atoms with Crippen LogP contribution in [0.1, 0.15) is 5.82 Å². The number of nitrogen functional groups attached to an aromatic ring is 1. The molecule has 2 N–H and O–H groups in total. The molecule has 0 spiro atoms. The average molecular weight is 428 g/mol. The van der Waals surface area contributed by atoms with E-state index in [0.717, 1.165) is 10.9 Å². The number of fused-ring (bicyclic) bond motifs is 2. The summed E-state index contributed by atoms with van der Waals surface area (Å²) >= 11 is 7.46. The predicted octanol–water partition coefficient (Wildman–Crippen LogP) is 3.51. The molecule has 0 radical (unpaired) electrons. The number of anilines is 1.